The van der Waals surface area contributed by atoms with Crippen LogP contribution in [0.15, 0.2) is 18.2 Å². The van der Waals surface area contributed by atoms with E-state index in [2.05, 4.69) is 15.5 Å². The van der Waals surface area contributed by atoms with Gasteiger partial charge in [0, 0.05) is 5.56 Å². The average molecular weight is 315 g/mol. The molecule has 0 spiro atoms. The number of carboxylic acids is 1. The van der Waals surface area contributed by atoms with E-state index >= 15 is 0 Å². The van der Waals surface area contributed by atoms with Crippen molar-refractivity contribution in [3.8, 4) is 11.4 Å². The lowest BCUT2D eigenvalue weighted by atomic mass is 9.94. The molecule has 0 bridgehead atoms. The minimum atomic E-state index is -1.00. The highest BCUT2D eigenvalue weighted by molar-refractivity contribution is 6.43. The molecule has 0 saturated heterocycles. The van der Waals surface area contributed by atoms with Crippen LogP contribution in [0.5, 0.6) is 0 Å². The monoisotopic (exact) mass is 314 g/mol. The molecule has 0 atom stereocenters. The third-order valence-electron chi connectivity index (χ3n) is 2.85. The summed E-state index contributed by atoms with van der Waals surface area (Å²) in [6, 6.07) is 5.11. The van der Waals surface area contributed by atoms with E-state index in [1.54, 1.807) is 32.0 Å². The molecule has 0 amide bonds. The summed E-state index contributed by atoms with van der Waals surface area (Å²) in [6.45, 7) is 3.31. The first-order chi connectivity index (χ1) is 9.33. The lowest BCUT2D eigenvalue weighted by Crippen LogP contribution is -2.30. The second kappa shape index (κ2) is 5.38. The second-order valence-electron chi connectivity index (χ2n) is 4.95. The third kappa shape index (κ3) is 2.76. The number of halogens is 2. The Morgan fingerprint density at radius 2 is 2.10 bits per heavy atom. The van der Waals surface area contributed by atoms with Gasteiger partial charge in [-0.1, -0.05) is 29.3 Å². The van der Waals surface area contributed by atoms with Crippen molar-refractivity contribution >= 4 is 29.2 Å². The molecular formula is C12H12Cl2N4O2. The average Bonchev–Trinajstić information content (AvgIpc) is 2.80. The Hall–Kier alpha value is -1.66. The zero-order valence-corrected chi connectivity index (χ0v) is 12.4. The summed E-state index contributed by atoms with van der Waals surface area (Å²) in [5, 5.41) is 21.2. The second-order valence-corrected chi connectivity index (χ2v) is 5.74. The Morgan fingerprint density at radius 1 is 1.40 bits per heavy atom. The fourth-order valence-electron chi connectivity index (χ4n) is 1.62. The Kier molecular flexibility index (Phi) is 3.96. The zero-order chi connectivity index (χ0) is 14.9. The number of hydrogen-bond acceptors (Lipinski definition) is 4. The fourth-order valence-corrected chi connectivity index (χ4v) is 2.01. The van der Waals surface area contributed by atoms with E-state index in [9.17, 15) is 9.90 Å². The van der Waals surface area contributed by atoms with Crippen LogP contribution in [0.2, 0.25) is 10.0 Å². The van der Waals surface area contributed by atoms with Gasteiger partial charge in [-0.25, -0.2) is 4.68 Å². The summed E-state index contributed by atoms with van der Waals surface area (Å²) in [4.78, 5) is 11.2. The lowest BCUT2D eigenvalue weighted by Gasteiger charge is -2.19. The molecular weight excluding hydrogens is 303 g/mol. The highest BCUT2D eigenvalue weighted by atomic mass is 35.5. The number of aromatic nitrogens is 4. The van der Waals surface area contributed by atoms with Crippen LogP contribution in [-0.4, -0.2) is 31.3 Å². The molecule has 1 N–H and O–H groups in total. The van der Waals surface area contributed by atoms with Crippen molar-refractivity contribution in [2.24, 2.45) is 5.41 Å². The molecule has 0 unspecified atom stereocenters. The predicted molar refractivity (Wildman–Crippen MR) is 74.7 cm³/mol. The summed E-state index contributed by atoms with van der Waals surface area (Å²) in [6.07, 6.45) is 0. The molecule has 1 aromatic carbocycles. The number of hydrogen-bond donors (Lipinski definition) is 1. The third-order valence-corrected chi connectivity index (χ3v) is 3.67. The van der Waals surface area contributed by atoms with Crippen molar-refractivity contribution in [2.45, 2.75) is 20.4 Å². The van der Waals surface area contributed by atoms with E-state index in [-0.39, 0.29) is 6.54 Å². The molecule has 1 aromatic heterocycles. The first kappa shape index (κ1) is 14.7. The lowest BCUT2D eigenvalue weighted by molar-refractivity contribution is -0.147. The molecule has 6 nitrogen and oxygen atoms in total. The summed E-state index contributed by atoms with van der Waals surface area (Å²) >= 11 is 12.1. The Morgan fingerprint density at radius 3 is 2.75 bits per heavy atom. The topological polar surface area (TPSA) is 80.9 Å². The minimum absolute atomic E-state index is 0.119. The van der Waals surface area contributed by atoms with Crippen molar-refractivity contribution in [3.63, 3.8) is 0 Å². The van der Waals surface area contributed by atoms with Crippen molar-refractivity contribution in [3.05, 3.63) is 28.2 Å². The zero-order valence-electron chi connectivity index (χ0n) is 10.8. The number of rotatable bonds is 4. The molecule has 0 radical (unpaired) electrons. The van der Waals surface area contributed by atoms with Gasteiger partial charge in [0.1, 0.15) is 0 Å². The summed E-state index contributed by atoms with van der Waals surface area (Å²) in [7, 11) is 0. The molecule has 1 heterocycles. The minimum Gasteiger partial charge on any atom is -0.481 e. The highest BCUT2D eigenvalue weighted by Crippen LogP contribution is 2.32. The van der Waals surface area contributed by atoms with Crippen LogP contribution in [0.4, 0.5) is 0 Å². The maximum Gasteiger partial charge on any atom is 0.310 e. The van der Waals surface area contributed by atoms with E-state index in [1.807, 2.05) is 0 Å². The fraction of sp³-hybridized carbons (Fsp3) is 0.333. The number of carboxylic acid groups (broad SMARTS) is 1. The van der Waals surface area contributed by atoms with Crippen LogP contribution >= 0.6 is 23.2 Å². The van der Waals surface area contributed by atoms with Crippen molar-refractivity contribution in [1.29, 1.82) is 0 Å². The molecule has 0 fully saturated rings. The first-order valence-electron chi connectivity index (χ1n) is 5.77. The smallest absolute Gasteiger partial charge is 0.310 e. The van der Waals surface area contributed by atoms with E-state index < -0.39 is 11.4 Å². The van der Waals surface area contributed by atoms with E-state index in [1.165, 1.54) is 4.68 Å². The SMILES string of the molecule is CC(C)(Cn1nnnc1-c1cccc(Cl)c1Cl)C(=O)O. The molecule has 106 valence electrons. The van der Waals surface area contributed by atoms with Gasteiger partial charge in [-0.2, -0.15) is 0 Å². The van der Waals surface area contributed by atoms with Crippen LogP contribution < -0.4 is 0 Å². The Labute approximate surface area is 125 Å². The van der Waals surface area contributed by atoms with Crippen molar-refractivity contribution < 1.29 is 9.90 Å². The molecule has 20 heavy (non-hydrogen) atoms. The van der Waals surface area contributed by atoms with Crippen LogP contribution in [0.1, 0.15) is 13.8 Å². The van der Waals surface area contributed by atoms with E-state index in [0.717, 1.165) is 0 Å². The standard InChI is InChI=1S/C12H12Cl2N4O2/c1-12(2,11(19)20)6-18-10(15-16-17-18)7-4-3-5-8(13)9(7)14/h3-5H,6H2,1-2H3,(H,19,20). The van der Waals surface area contributed by atoms with Gasteiger partial charge in [0.05, 0.1) is 22.0 Å². The van der Waals surface area contributed by atoms with Crippen molar-refractivity contribution in [1.82, 2.24) is 20.2 Å². The van der Waals surface area contributed by atoms with Gasteiger partial charge in [0.15, 0.2) is 5.82 Å². The Balaban J connectivity index is 2.44. The molecule has 0 saturated carbocycles. The van der Waals surface area contributed by atoms with E-state index in [0.29, 0.717) is 21.4 Å². The summed E-state index contributed by atoms with van der Waals surface area (Å²) in [5.41, 5.74) is -0.444. The number of benzene rings is 1. The quantitative estimate of drug-likeness (QED) is 0.938. The van der Waals surface area contributed by atoms with Gasteiger partial charge in [-0.15, -0.1) is 5.10 Å². The number of nitrogens with zero attached hydrogens (tertiary/aromatic N) is 4. The largest absolute Gasteiger partial charge is 0.481 e. The number of aliphatic carboxylic acids is 1. The molecule has 8 heteroatoms. The van der Waals surface area contributed by atoms with Gasteiger partial charge < -0.3 is 5.11 Å². The summed E-state index contributed by atoms with van der Waals surface area (Å²) in [5.74, 6) is -0.553. The van der Waals surface area contributed by atoms with E-state index in [4.69, 9.17) is 23.2 Å². The Bertz CT molecular complexity index is 655. The first-order valence-corrected chi connectivity index (χ1v) is 6.52. The molecule has 2 aromatic rings. The van der Waals surface area contributed by atoms with Crippen molar-refractivity contribution in [2.75, 3.05) is 0 Å². The van der Waals surface area contributed by atoms with Crippen LogP contribution in [-0.2, 0) is 11.3 Å². The molecule has 0 aliphatic rings. The maximum absolute atomic E-state index is 11.2. The van der Waals surface area contributed by atoms with Gasteiger partial charge in [-0.05, 0) is 36.4 Å². The predicted octanol–water partition coefficient (Wildman–Crippen LogP) is 2.76. The highest BCUT2D eigenvalue weighted by Gasteiger charge is 2.30. The number of carbonyl (C=O) groups is 1. The van der Waals surface area contributed by atoms with Gasteiger partial charge >= 0.3 is 5.97 Å². The van der Waals surface area contributed by atoms with Gasteiger partial charge in [-0.3, -0.25) is 4.79 Å². The van der Waals surface area contributed by atoms with Crippen LogP contribution in [0.3, 0.4) is 0 Å². The van der Waals surface area contributed by atoms with Gasteiger partial charge in [0.25, 0.3) is 0 Å². The molecule has 0 aliphatic carbocycles. The molecule has 2 rings (SSSR count). The number of tetrazole rings is 1. The maximum atomic E-state index is 11.2. The van der Waals surface area contributed by atoms with Crippen LogP contribution in [0.25, 0.3) is 11.4 Å². The van der Waals surface area contributed by atoms with Gasteiger partial charge in [0.2, 0.25) is 0 Å². The normalized spacial score (nSPS) is 11.6. The molecule has 0 aliphatic heterocycles. The van der Waals surface area contributed by atoms with Crippen LogP contribution in [0, 0.1) is 5.41 Å². The summed E-state index contributed by atoms with van der Waals surface area (Å²) < 4.78 is 1.41.